The number of benzene rings is 3. The van der Waals surface area contributed by atoms with Crippen LogP contribution in [-0.4, -0.2) is 69.4 Å². The average Bonchev–Trinajstić information content (AvgIpc) is 3.00. The van der Waals surface area contributed by atoms with Gasteiger partial charge in [0.05, 0.1) is 23.9 Å². The van der Waals surface area contributed by atoms with Crippen LogP contribution in [0.4, 0.5) is 4.79 Å². The molecular formula is C31H37N3O5S. The van der Waals surface area contributed by atoms with E-state index in [9.17, 15) is 18.0 Å². The number of nitrogens with zero attached hydrogens (tertiary/aromatic N) is 1. The molecule has 3 aromatic carbocycles. The largest absolute Gasteiger partial charge is 0.378 e. The topological polar surface area (TPSA) is 105 Å². The van der Waals surface area contributed by atoms with Crippen LogP contribution in [0.5, 0.6) is 0 Å². The first-order valence-electron chi connectivity index (χ1n) is 13.7. The van der Waals surface area contributed by atoms with Crippen molar-refractivity contribution in [3.8, 4) is 0 Å². The van der Waals surface area contributed by atoms with Crippen molar-refractivity contribution in [2.75, 3.05) is 32.1 Å². The molecule has 0 bridgehead atoms. The van der Waals surface area contributed by atoms with Crippen molar-refractivity contribution >= 4 is 21.8 Å². The van der Waals surface area contributed by atoms with Gasteiger partial charge in [-0.3, -0.25) is 4.79 Å². The van der Waals surface area contributed by atoms with E-state index in [1.165, 1.54) is 0 Å². The minimum absolute atomic E-state index is 0.0970. The van der Waals surface area contributed by atoms with Crippen LogP contribution in [0, 0.1) is 0 Å². The van der Waals surface area contributed by atoms with E-state index < -0.39 is 21.9 Å². The molecule has 1 saturated heterocycles. The van der Waals surface area contributed by atoms with Gasteiger partial charge in [-0.2, -0.15) is 0 Å². The number of aryl methyl sites for hydroxylation is 1. The van der Waals surface area contributed by atoms with Crippen LogP contribution in [0.15, 0.2) is 95.9 Å². The lowest BCUT2D eigenvalue weighted by molar-refractivity contribution is -0.123. The monoisotopic (exact) mass is 563 g/mol. The maximum atomic E-state index is 13.7. The van der Waals surface area contributed by atoms with E-state index >= 15 is 0 Å². The average molecular weight is 564 g/mol. The summed E-state index contributed by atoms with van der Waals surface area (Å²) in [6.07, 6.45) is 1.82. The molecule has 212 valence electrons. The molecule has 0 spiro atoms. The molecule has 1 fully saturated rings. The van der Waals surface area contributed by atoms with Crippen molar-refractivity contribution in [2.24, 2.45) is 0 Å². The van der Waals surface area contributed by atoms with Gasteiger partial charge in [0.15, 0.2) is 9.84 Å². The number of morpholine rings is 1. The Morgan fingerprint density at radius 3 is 1.98 bits per heavy atom. The highest BCUT2D eigenvalue weighted by Crippen LogP contribution is 2.15. The van der Waals surface area contributed by atoms with Gasteiger partial charge in [0.2, 0.25) is 5.91 Å². The van der Waals surface area contributed by atoms with Crippen LogP contribution in [0.3, 0.4) is 0 Å². The van der Waals surface area contributed by atoms with E-state index in [2.05, 4.69) is 10.6 Å². The lowest BCUT2D eigenvalue weighted by atomic mass is 10.0. The lowest BCUT2D eigenvalue weighted by Crippen LogP contribution is -2.55. The van der Waals surface area contributed by atoms with Gasteiger partial charge in [0.1, 0.15) is 6.04 Å². The van der Waals surface area contributed by atoms with Crippen LogP contribution in [0.1, 0.15) is 24.0 Å². The molecule has 2 N–H and O–H groups in total. The number of hydrogen-bond donors (Lipinski definition) is 2. The highest BCUT2D eigenvalue weighted by atomic mass is 32.2. The molecular weight excluding hydrogens is 526 g/mol. The molecule has 0 saturated carbocycles. The molecule has 8 nitrogen and oxygen atoms in total. The van der Waals surface area contributed by atoms with Crippen molar-refractivity contribution in [1.29, 1.82) is 0 Å². The van der Waals surface area contributed by atoms with Crippen molar-refractivity contribution in [2.45, 2.75) is 42.7 Å². The summed E-state index contributed by atoms with van der Waals surface area (Å²) in [6, 6.07) is 26.2. The first-order valence-corrected chi connectivity index (χ1v) is 15.3. The third-order valence-electron chi connectivity index (χ3n) is 7.00. The number of carbonyl (C=O) groups is 2. The van der Waals surface area contributed by atoms with Crippen LogP contribution < -0.4 is 10.6 Å². The van der Waals surface area contributed by atoms with E-state index in [0.717, 1.165) is 11.1 Å². The van der Waals surface area contributed by atoms with E-state index in [-0.39, 0.29) is 29.0 Å². The molecule has 1 heterocycles. The minimum Gasteiger partial charge on any atom is -0.378 e. The zero-order chi connectivity index (χ0) is 28.2. The number of urea groups is 1. The van der Waals surface area contributed by atoms with Crippen LogP contribution >= 0.6 is 0 Å². The molecule has 0 radical (unpaired) electrons. The van der Waals surface area contributed by atoms with Gasteiger partial charge in [-0.15, -0.1) is 0 Å². The Morgan fingerprint density at radius 2 is 1.35 bits per heavy atom. The van der Waals surface area contributed by atoms with E-state index in [4.69, 9.17) is 4.74 Å². The fraction of sp³-hybridized carbons (Fsp3) is 0.355. The van der Waals surface area contributed by atoms with Crippen LogP contribution in [0.25, 0.3) is 0 Å². The van der Waals surface area contributed by atoms with Gasteiger partial charge in [0.25, 0.3) is 0 Å². The molecule has 40 heavy (non-hydrogen) atoms. The van der Waals surface area contributed by atoms with E-state index in [0.29, 0.717) is 45.6 Å². The fourth-order valence-corrected chi connectivity index (χ4v) is 6.09. The molecule has 1 aliphatic heterocycles. The summed E-state index contributed by atoms with van der Waals surface area (Å²) in [5.41, 5.74) is 2.02. The Hall–Kier alpha value is -3.69. The highest BCUT2D eigenvalue weighted by molar-refractivity contribution is 7.91. The standard InChI is InChI=1S/C31H37N3O5S/c35-30(29(24-26-12-6-2-7-13-26)33-31(36)34-19-21-39-22-20-34)32-27(17-16-25-10-4-1-5-11-25)18-23-40(37,38)28-14-8-3-9-15-28/h1-15,27,29H,16-24H2,(H,32,35)(H,33,36)/t27-,29?/m0/s1. The maximum absolute atomic E-state index is 13.7. The normalized spacial score (nSPS) is 15.2. The van der Waals surface area contributed by atoms with Crippen LogP contribution in [0.2, 0.25) is 0 Å². The van der Waals surface area contributed by atoms with E-state index in [1.54, 1.807) is 35.2 Å². The summed E-state index contributed by atoms with van der Waals surface area (Å²) in [5.74, 6) is -0.430. The van der Waals surface area contributed by atoms with Crippen molar-refractivity contribution < 1.29 is 22.7 Å². The van der Waals surface area contributed by atoms with Gasteiger partial charge in [-0.1, -0.05) is 78.9 Å². The second-order valence-corrected chi connectivity index (χ2v) is 12.1. The number of nitrogens with one attached hydrogen (secondary N) is 2. The van der Waals surface area contributed by atoms with Crippen LogP contribution in [-0.2, 0) is 32.2 Å². The van der Waals surface area contributed by atoms with Gasteiger partial charge in [-0.05, 0) is 42.5 Å². The number of rotatable bonds is 12. The van der Waals surface area contributed by atoms with E-state index in [1.807, 2.05) is 60.7 Å². The Balaban J connectivity index is 1.48. The molecule has 9 heteroatoms. The Morgan fingerprint density at radius 1 is 0.775 bits per heavy atom. The number of ether oxygens (including phenoxy) is 1. The first-order chi connectivity index (χ1) is 19.4. The summed E-state index contributed by atoms with van der Waals surface area (Å²) in [6.45, 7) is 1.84. The lowest BCUT2D eigenvalue weighted by Gasteiger charge is -2.30. The molecule has 3 amide bonds. The Kier molecular flexibility index (Phi) is 10.7. The second kappa shape index (κ2) is 14.6. The SMILES string of the molecule is O=C(N[C@@H](CCc1ccccc1)CCS(=O)(=O)c1ccccc1)C(Cc1ccccc1)NC(=O)N1CCOCC1. The number of amides is 3. The zero-order valence-electron chi connectivity index (χ0n) is 22.6. The third kappa shape index (κ3) is 8.93. The molecule has 2 atom stereocenters. The molecule has 3 aromatic rings. The van der Waals surface area contributed by atoms with Gasteiger partial charge in [-0.25, -0.2) is 13.2 Å². The smallest absolute Gasteiger partial charge is 0.318 e. The molecule has 4 rings (SSSR count). The van der Waals surface area contributed by atoms with Gasteiger partial charge in [0, 0.05) is 25.6 Å². The summed E-state index contributed by atoms with van der Waals surface area (Å²) < 4.78 is 31.4. The van der Waals surface area contributed by atoms with Gasteiger partial charge >= 0.3 is 6.03 Å². The Labute approximate surface area is 236 Å². The van der Waals surface area contributed by atoms with Crippen molar-refractivity contribution in [3.05, 3.63) is 102 Å². The quantitative estimate of drug-likeness (QED) is 0.350. The highest BCUT2D eigenvalue weighted by Gasteiger charge is 2.27. The summed E-state index contributed by atoms with van der Waals surface area (Å²) >= 11 is 0. The number of sulfone groups is 1. The molecule has 1 aliphatic rings. The predicted octanol–water partition coefficient (Wildman–Crippen LogP) is 3.62. The molecule has 1 unspecified atom stereocenters. The Bertz CT molecular complexity index is 1310. The second-order valence-electron chi connectivity index (χ2n) is 9.94. The van der Waals surface area contributed by atoms with Gasteiger partial charge < -0.3 is 20.3 Å². The number of hydrogen-bond acceptors (Lipinski definition) is 5. The maximum Gasteiger partial charge on any atom is 0.318 e. The minimum atomic E-state index is -3.52. The zero-order valence-corrected chi connectivity index (χ0v) is 23.4. The molecule has 0 aliphatic carbocycles. The molecule has 0 aromatic heterocycles. The van der Waals surface area contributed by atoms with Crippen molar-refractivity contribution in [1.82, 2.24) is 15.5 Å². The predicted molar refractivity (Wildman–Crippen MR) is 155 cm³/mol. The number of carbonyl (C=O) groups excluding carboxylic acids is 2. The van der Waals surface area contributed by atoms with Crippen molar-refractivity contribution in [3.63, 3.8) is 0 Å². The fourth-order valence-electron chi connectivity index (χ4n) is 4.68. The summed E-state index contributed by atoms with van der Waals surface area (Å²) in [5, 5.41) is 5.99. The summed E-state index contributed by atoms with van der Waals surface area (Å²) in [4.78, 5) is 28.6. The first kappa shape index (κ1) is 29.3. The third-order valence-corrected chi connectivity index (χ3v) is 8.77. The summed E-state index contributed by atoms with van der Waals surface area (Å²) in [7, 11) is -3.52.